The number of amides is 2. The molecule has 0 saturated heterocycles. The van der Waals surface area contributed by atoms with E-state index < -0.39 is 5.54 Å². The van der Waals surface area contributed by atoms with Crippen LogP contribution >= 0.6 is 0 Å². The van der Waals surface area contributed by atoms with Crippen LogP contribution < -0.4 is 10.6 Å². The lowest BCUT2D eigenvalue weighted by molar-refractivity contribution is 0.102. The van der Waals surface area contributed by atoms with Crippen molar-refractivity contribution in [2.75, 3.05) is 20.3 Å². The molecule has 0 aliphatic heterocycles. The van der Waals surface area contributed by atoms with Crippen molar-refractivity contribution in [1.82, 2.24) is 10.6 Å². The standard InChI is InChI=1S/C16H26N2O3/c1-4-10-16(2,12-19)18-15(20)17-11-14(21-3)13-8-6-5-7-9-13/h5-9,14,19H,4,10-12H2,1-3H3,(H2,17,18,20). The summed E-state index contributed by atoms with van der Waals surface area (Å²) in [6.45, 7) is 4.14. The Morgan fingerprint density at radius 1 is 1.38 bits per heavy atom. The largest absolute Gasteiger partial charge is 0.394 e. The minimum Gasteiger partial charge on any atom is -0.394 e. The molecule has 21 heavy (non-hydrogen) atoms. The highest BCUT2D eigenvalue weighted by atomic mass is 16.5. The number of urea groups is 1. The second kappa shape index (κ2) is 8.64. The molecule has 1 rings (SSSR count). The van der Waals surface area contributed by atoms with Crippen LogP contribution in [0.25, 0.3) is 0 Å². The number of rotatable bonds is 8. The second-order valence-corrected chi connectivity index (χ2v) is 5.44. The third-order valence-electron chi connectivity index (χ3n) is 3.47. The Bertz CT molecular complexity index is 425. The van der Waals surface area contributed by atoms with Crippen molar-refractivity contribution < 1.29 is 14.6 Å². The molecule has 5 heteroatoms. The van der Waals surface area contributed by atoms with Crippen molar-refractivity contribution in [2.24, 2.45) is 0 Å². The molecule has 3 N–H and O–H groups in total. The van der Waals surface area contributed by atoms with Crippen LogP contribution in [0.5, 0.6) is 0 Å². The molecule has 0 aliphatic rings. The van der Waals surface area contributed by atoms with Gasteiger partial charge in [0.1, 0.15) is 0 Å². The van der Waals surface area contributed by atoms with Crippen molar-refractivity contribution in [3.05, 3.63) is 35.9 Å². The van der Waals surface area contributed by atoms with Gasteiger partial charge >= 0.3 is 6.03 Å². The Labute approximate surface area is 126 Å². The molecule has 2 unspecified atom stereocenters. The predicted octanol–water partition coefficient (Wildman–Crippen LogP) is 2.22. The van der Waals surface area contributed by atoms with E-state index in [4.69, 9.17) is 4.74 Å². The summed E-state index contributed by atoms with van der Waals surface area (Å²) in [7, 11) is 1.62. The van der Waals surface area contributed by atoms with Crippen LogP contribution in [0.3, 0.4) is 0 Å². The average molecular weight is 294 g/mol. The van der Waals surface area contributed by atoms with E-state index in [1.807, 2.05) is 44.2 Å². The molecule has 0 saturated carbocycles. The van der Waals surface area contributed by atoms with Crippen LogP contribution in [0.15, 0.2) is 30.3 Å². The van der Waals surface area contributed by atoms with Gasteiger partial charge in [-0.3, -0.25) is 0 Å². The zero-order chi connectivity index (χ0) is 15.7. The van der Waals surface area contributed by atoms with Gasteiger partial charge in [-0.05, 0) is 18.9 Å². The maximum absolute atomic E-state index is 12.0. The third kappa shape index (κ3) is 5.73. The Hall–Kier alpha value is -1.59. The third-order valence-corrected chi connectivity index (χ3v) is 3.47. The molecule has 0 bridgehead atoms. The van der Waals surface area contributed by atoms with Gasteiger partial charge in [-0.2, -0.15) is 0 Å². The first-order valence-electron chi connectivity index (χ1n) is 7.29. The molecule has 0 aliphatic carbocycles. The molecule has 0 aromatic heterocycles. The molecular formula is C16H26N2O3. The summed E-state index contributed by atoms with van der Waals surface area (Å²) in [4.78, 5) is 12.0. The summed E-state index contributed by atoms with van der Waals surface area (Å²) in [6, 6.07) is 9.44. The number of nitrogens with one attached hydrogen (secondary N) is 2. The van der Waals surface area contributed by atoms with Crippen molar-refractivity contribution in [3.63, 3.8) is 0 Å². The molecule has 0 spiro atoms. The minimum atomic E-state index is -0.589. The number of aliphatic hydroxyl groups is 1. The molecule has 0 heterocycles. The monoisotopic (exact) mass is 294 g/mol. The maximum atomic E-state index is 12.0. The molecule has 2 atom stereocenters. The van der Waals surface area contributed by atoms with Crippen LogP contribution in [0, 0.1) is 0 Å². The molecule has 1 aromatic carbocycles. The molecule has 0 radical (unpaired) electrons. The van der Waals surface area contributed by atoms with Crippen LogP contribution in [-0.4, -0.2) is 36.9 Å². The van der Waals surface area contributed by atoms with Gasteiger partial charge in [-0.15, -0.1) is 0 Å². The minimum absolute atomic E-state index is 0.0827. The zero-order valence-corrected chi connectivity index (χ0v) is 13.1. The van der Waals surface area contributed by atoms with E-state index in [-0.39, 0.29) is 18.7 Å². The second-order valence-electron chi connectivity index (χ2n) is 5.44. The van der Waals surface area contributed by atoms with Gasteiger partial charge < -0.3 is 20.5 Å². The summed E-state index contributed by atoms with van der Waals surface area (Å²) in [6.07, 6.45) is 1.43. The van der Waals surface area contributed by atoms with E-state index in [2.05, 4.69) is 10.6 Å². The number of benzene rings is 1. The van der Waals surface area contributed by atoms with E-state index in [1.165, 1.54) is 0 Å². The number of aliphatic hydroxyl groups excluding tert-OH is 1. The Kier molecular flexibility index (Phi) is 7.19. The van der Waals surface area contributed by atoms with E-state index >= 15 is 0 Å². The summed E-state index contributed by atoms with van der Waals surface area (Å²) in [5, 5.41) is 15.0. The first-order valence-corrected chi connectivity index (χ1v) is 7.29. The van der Waals surface area contributed by atoms with Crippen LogP contribution in [0.4, 0.5) is 4.79 Å². The highest BCUT2D eigenvalue weighted by Gasteiger charge is 2.24. The maximum Gasteiger partial charge on any atom is 0.315 e. The van der Waals surface area contributed by atoms with Gasteiger partial charge in [0.15, 0.2) is 0 Å². The fourth-order valence-corrected chi connectivity index (χ4v) is 2.24. The summed E-state index contributed by atoms with van der Waals surface area (Å²) in [5.74, 6) is 0. The van der Waals surface area contributed by atoms with E-state index in [1.54, 1.807) is 7.11 Å². The van der Waals surface area contributed by atoms with Crippen molar-refractivity contribution in [2.45, 2.75) is 38.3 Å². The number of carbonyl (C=O) groups excluding carboxylic acids is 1. The number of ether oxygens (including phenoxy) is 1. The van der Waals surface area contributed by atoms with Gasteiger partial charge in [0.2, 0.25) is 0 Å². The quantitative estimate of drug-likeness (QED) is 0.688. The van der Waals surface area contributed by atoms with Gasteiger partial charge in [0.25, 0.3) is 0 Å². The van der Waals surface area contributed by atoms with E-state index in [0.29, 0.717) is 6.54 Å². The first-order chi connectivity index (χ1) is 10.0. The van der Waals surface area contributed by atoms with Crippen LogP contribution in [0.1, 0.15) is 38.4 Å². The van der Waals surface area contributed by atoms with E-state index in [0.717, 1.165) is 18.4 Å². The lowest BCUT2D eigenvalue weighted by Crippen LogP contribution is -2.53. The highest BCUT2D eigenvalue weighted by molar-refractivity contribution is 5.74. The molecule has 1 aromatic rings. The van der Waals surface area contributed by atoms with Gasteiger partial charge in [0, 0.05) is 13.7 Å². The normalized spacial score (nSPS) is 15.0. The Morgan fingerprint density at radius 3 is 2.57 bits per heavy atom. The number of hydrogen-bond acceptors (Lipinski definition) is 3. The summed E-state index contributed by atoms with van der Waals surface area (Å²) in [5.41, 5.74) is 0.424. The fraction of sp³-hybridized carbons (Fsp3) is 0.562. The van der Waals surface area contributed by atoms with Gasteiger partial charge in [-0.25, -0.2) is 4.79 Å². The molecule has 2 amide bonds. The zero-order valence-electron chi connectivity index (χ0n) is 13.1. The SMILES string of the molecule is CCCC(C)(CO)NC(=O)NCC(OC)c1ccccc1. The van der Waals surface area contributed by atoms with Crippen LogP contribution in [-0.2, 0) is 4.74 Å². The lowest BCUT2D eigenvalue weighted by atomic mass is 9.98. The molecule has 5 nitrogen and oxygen atoms in total. The smallest absolute Gasteiger partial charge is 0.315 e. The topological polar surface area (TPSA) is 70.6 Å². The van der Waals surface area contributed by atoms with Gasteiger partial charge in [-0.1, -0.05) is 43.7 Å². The molecule has 118 valence electrons. The van der Waals surface area contributed by atoms with Crippen LogP contribution in [0.2, 0.25) is 0 Å². The lowest BCUT2D eigenvalue weighted by Gasteiger charge is -2.28. The van der Waals surface area contributed by atoms with Crippen molar-refractivity contribution in [1.29, 1.82) is 0 Å². The summed E-state index contributed by atoms with van der Waals surface area (Å²) >= 11 is 0. The summed E-state index contributed by atoms with van der Waals surface area (Å²) < 4.78 is 5.40. The molecule has 0 fully saturated rings. The molecular weight excluding hydrogens is 268 g/mol. The Morgan fingerprint density at radius 2 is 2.05 bits per heavy atom. The predicted molar refractivity (Wildman–Crippen MR) is 83.1 cm³/mol. The van der Waals surface area contributed by atoms with Crippen molar-refractivity contribution in [3.8, 4) is 0 Å². The van der Waals surface area contributed by atoms with Crippen molar-refractivity contribution >= 4 is 6.03 Å². The fourth-order valence-electron chi connectivity index (χ4n) is 2.24. The highest BCUT2D eigenvalue weighted by Crippen LogP contribution is 2.15. The first kappa shape index (κ1) is 17.5. The van der Waals surface area contributed by atoms with E-state index in [9.17, 15) is 9.90 Å². The van der Waals surface area contributed by atoms with Gasteiger partial charge in [0.05, 0.1) is 18.2 Å². The number of carbonyl (C=O) groups is 1. The average Bonchev–Trinajstić information content (AvgIpc) is 2.49. The Balaban J connectivity index is 2.51. The number of hydrogen-bond donors (Lipinski definition) is 3. The number of methoxy groups -OCH3 is 1.